The van der Waals surface area contributed by atoms with Gasteiger partial charge in [0.25, 0.3) is 5.89 Å². The van der Waals surface area contributed by atoms with E-state index >= 15 is 0 Å². The highest BCUT2D eigenvalue weighted by molar-refractivity contribution is 5.42. The number of hydrogen-bond acceptors (Lipinski definition) is 7. The Kier molecular flexibility index (Phi) is 3.86. The molecule has 136 valence electrons. The molecular weight excluding hydrogens is 334 g/mol. The van der Waals surface area contributed by atoms with Crippen LogP contribution < -0.4 is 0 Å². The fraction of sp³-hybridized carbons (Fsp3) is 0.500. The molecule has 3 aromatic rings. The molecule has 1 atom stereocenters. The van der Waals surface area contributed by atoms with Crippen LogP contribution in [0.2, 0.25) is 0 Å². The van der Waals surface area contributed by atoms with Crippen molar-refractivity contribution in [3.63, 3.8) is 0 Å². The second-order valence-electron chi connectivity index (χ2n) is 7.12. The molecule has 3 aromatic heterocycles. The fourth-order valence-electron chi connectivity index (χ4n) is 3.50. The highest BCUT2D eigenvalue weighted by Gasteiger charge is 2.33. The number of furan rings is 1. The minimum atomic E-state index is -0.420. The molecule has 0 spiro atoms. The van der Waals surface area contributed by atoms with E-state index < -0.39 is 6.10 Å². The second kappa shape index (κ2) is 6.37. The lowest BCUT2D eigenvalue weighted by atomic mass is 10.1. The summed E-state index contributed by atoms with van der Waals surface area (Å²) in [5.41, 5.74) is 1.94. The molecule has 5 rings (SSSR count). The standard InChI is InChI=1S/C18H21N5O3/c24-17(12-4-5-12)14-9-13-10-22(6-2-7-23(13)20-14)11-16-19-18(26-21-16)15-3-1-8-25-15/h1,3,8-9,12,17,24H,2,4-7,10-11H2/t17-/m0/s1. The Balaban J connectivity index is 1.30. The number of fused-ring (bicyclic) bond motifs is 1. The number of rotatable bonds is 5. The zero-order valence-corrected chi connectivity index (χ0v) is 14.4. The van der Waals surface area contributed by atoms with E-state index in [0.717, 1.165) is 50.3 Å². The summed E-state index contributed by atoms with van der Waals surface area (Å²) < 4.78 is 12.6. The van der Waals surface area contributed by atoms with Crippen LogP contribution in [-0.2, 0) is 19.6 Å². The molecule has 1 saturated carbocycles. The van der Waals surface area contributed by atoms with Crippen molar-refractivity contribution >= 4 is 0 Å². The zero-order valence-electron chi connectivity index (χ0n) is 14.4. The van der Waals surface area contributed by atoms with Gasteiger partial charge in [0.1, 0.15) is 6.10 Å². The lowest BCUT2D eigenvalue weighted by molar-refractivity contribution is 0.148. The van der Waals surface area contributed by atoms with Crippen molar-refractivity contribution in [1.82, 2.24) is 24.8 Å². The third-order valence-corrected chi connectivity index (χ3v) is 5.05. The van der Waals surface area contributed by atoms with Crippen molar-refractivity contribution in [1.29, 1.82) is 0 Å². The highest BCUT2D eigenvalue weighted by Crippen LogP contribution is 2.40. The quantitative estimate of drug-likeness (QED) is 0.751. The predicted molar refractivity (Wildman–Crippen MR) is 90.6 cm³/mol. The molecule has 8 nitrogen and oxygen atoms in total. The van der Waals surface area contributed by atoms with E-state index in [1.165, 1.54) is 0 Å². The maximum atomic E-state index is 10.3. The largest absolute Gasteiger partial charge is 0.459 e. The summed E-state index contributed by atoms with van der Waals surface area (Å²) in [5, 5.41) is 19.0. The highest BCUT2D eigenvalue weighted by atomic mass is 16.5. The molecule has 1 N–H and O–H groups in total. The van der Waals surface area contributed by atoms with Gasteiger partial charge in [-0.3, -0.25) is 9.58 Å². The summed E-state index contributed by atoms with van der Waals surface area (Å²) in [6.07, 6.45) is 4.37. The van der Waals surface area contributed by atoms with Crippen LogP contribution in [0.25, 0.3) is 11.7 Å². The molecule has 2 aliphatic rings. The number of aliphatic hydroxyl groups is 1. The van der Waals surface area contributed by atoms with Gasteiger partial charge in [-0.2, -0.15) is 10.1 Å². The van der Waals surface area contributed by atoms with Crippen LogP contribution in [0.1, 0.15) is 42.6 Å². The Labute approximate surface area is 150 Å². The minimum absolute atomic E-state index is 0.393. The number of aryl methyl sites for hydroxylation is 1. The molecule has 0 radical (unpaired) electrons. The van der Waals surface area contributed by atoms with Crippen LogP contribution in [0.15, 0.2) is 33.4 Å². The minimum Gasteiger partial charge on any atom is -0.459 e. The summed E-state index contributed by atoms with van der Waals surface area (Å²) in [5.74, 6) is 2.02. The normalized spacial score (nSPS) is 19.3. The van der Waals surface area contributed by atoms with E-state index in [1.807, 2.05) is 10.7 Å². The fourth-order valence-corrected chi connectivity index (χ4v) is 3.50. The Bertz CT molecular complexity index is 881. The second-order valence-corrected chi connectivity index (χ2v) is 7.12. The van der Waals surface area contributed by atoms with E-state index in [9.17, 15) is 5.11 Å². The number of aromatic nitrogens is 4. The molecule has 0 aromatic carbocycles. The molecule has 0 amide bonds. The zero-order chi connectivity index (χ0) is 17.5. The van der Waals surface area contributed by atoms with Gasteiger partial charge in [-0.25, -0.2) is 0 Å². The molecular formula is C18H21N5O3. The average Bonchev–Trinajstić information content (AvgIpc) is 3.04. The van der Waals surface area contributed by atoms with Gasteiger partial charge in [0.2, 0.25) is 0 Å². The van der Waals surface area contributed by atoms with Crippen molar-refractivity contribution in [3.8, 4) is 11.7 Å². The molecule has 0 saturated heterocycles. The monoisotopic (exact) mass is 355 g/mol. The van der Waals surface area contributed by atoms with Crippen LogP contribution in [-0.4, -0.2) is 36.5 Å². The third-order valence-electron chi connectivity index (χ3n) is 5.05. The predicted octanol–water partition coefficient (Wildman–Crippen LogP) is 2.38. The summed E-state index contributed by atoms with van der Waals surface area (Å²) >= 11 is 0. The Morgan fingerprint density at radius 1 is 1.31 bits per heavy atom. The van der Waals surface area contributed by atoms with Crippen molar-refractivity contribution in [3.05, 3.63) is 41.7 Å². The smallest absolute Gasteiger partial charge is 0.293 e. The Morgan fingerprint density at radius 2 is 2.23 bits per heavy atom. The van der Waals surface area contributed by atoms with E-state index in [1.54, 1.807) is 18.4 Å². The van der Waals surface area contributed by atoms with Crippen LogP contribution in [0.4, 0.5) is 0 Å². The molecule has 1 fully saturated rings. The van der Waals surface area contributed by atoms with Crippen LogP contribution in [0.5, 0.6) is 0 Å². The van der Waals surface area contributed by atoms with Gasteiger partial charge in [0, 0.05) is 19.6 Å². The van der Waals surface area contributed by atoms with E-state index in [0.29, 0.717) is 29.9 Å². The van der Waals surface area contributed by atoms with Gasteiger partial charge in [-0.15, -0.1) is 0 Å². The van der Waals surface area contributed by atoms with Crippen molar-refractivity contribution < 1.29 is 14.0 Å². The van der Waals surface area contributed by atoms with Crippen LogP contribution in [0.3, 0.4) is 0 Å². The number of hydrogen-bond donors (Lipinski definition) is 1. The SMILES string of the molecule is O[C@H](c1cc2n(n1)CCCN(Cc1noc(-c3ccco3)n1)C2)C1CC1. The topological polar surface area (TPSA) is 93.3 Å². The van der Waals surface area contributed by atoms with E-state index in [2.05, 4.69) is 20.1 Å². The van der Waals surface area contributed by atoms with Gasteiger partial charge in [0.15, 0.2) is 11.6 Å². The van der Waals surface area contributed by atoms with Gasteiger partial charge in [-0.05, 0) is 43.4 Å². The van der Waals surface area contributed by atoms with Gasteiger partial charge in [0.05, 0.1) is 24.2 Å². The molecule has 0 unspecified atom stereocenters. The van der Waals surface area contributed by atoms with E-state index in [4.69, 9.17) is 8.94 Å². The molecule has 0 bridgehead atoms. The lowest BCUT2D eigenvalue weighted by Crippen LogP contribution is -2.23. The molecule has 8 heteroatoms. The maximum Gasteiger partial charge on any atom is 0.293 e. The lowest BCUT2D eigenvalue weighted by Gasteiger charge is -2.16. The Hall–Kier alpha value is -2.45. The molecule has 1 aliphatic carbocycles. The number of nitrogens with zero attached hydrogens (tertiary/aromatic N) is 5. The number of aliphatic hydroxyl groups excluding tert-OH is 1. The van der Waals surface area contributed by atoms with E-state index in [-0.39, 0.29) is 0 Å². The van der Waals surface area contributed by atoms with Crippen molar-refractivity contribution in [2.24, 2.45) is 5.92 Å². The summed E-state index contributed by atoms with van der Waals surface area (Å²) in [6.45, 7) is 3.17. The summed E-state index contributed by atoms with van der Waals surface area (Å²) in [6, 6.07) is 5.64. The molecule has 26 heavy (non-hydrogen) atoms. The summed E-state index contributed by atoms with van der Waals surface area (Å²) in [7, 11) is 0. The first-order chi connectivity index (χ1) is 12.8. The van der Waals surface area contributed by atoms with Crippen LogP contribution >= 0.6 is 0 Å². The van der Waals surface area contributed by atoms with Gasteiger partial charge >= 0.3 is 0 Å². The van der Waals surface area contributed by atoms with Crippen LogP contribution in [0, 0.1) is 5.92 Å². The summed E-state index contributed by atoms with van der Waals surface area (Å²) in [4.78, 5) is 6.70. The Morgan fingerprint density at radius 3 is 3.04 bits per heavy atom. The molecule has 1 aliphatic heterocycles. The maximum absolute atomic E-state index is 10.3. The van der Waals surface area contributed by atoms with Crippen molar-refractivity contribution in [2.45, 2.75) is 45.0 Å². The van der Waals surface area contributed by atoms with Gasteiger partial charge < -0.3 is 14.0 Å². The molecule has 4 heterocycles. The van der Waals surface area contributed by atoms with Crippen molar-refractivity contribution in [2.75, 3.05) is 6.54 Å². The average molecular weight is 355 g/mol. The first kappa shape index (κ1) is 15.8. The first-order valence-electron chi connectivity index (χ1n) is 9.10. The first-order valence-corrected chi connectivity index (χ1v) is 9.10. The van der Waals surface area contributed by atoms with Gasteiger partial charge in [-0.1, -0.05) is 5.16 Å². The third kappa shape index (κ3) is 3.06.